The summed E-state index contributed by atoms with van der Waals surface area (Å²) in [5.74, 6) is 5.36. The average molecular weight is 900 g/mol. The quantitative estimate of drug-likeness (QED) is 0.132. The van der Waals surface area contributed by atoms with Crippen LogP contribution in [0.15, 0.2) is 42.9 Å². The minimum atomic E-state index is -2.91. The number of hydrogen-bond acceptors (Lipinski definition) is 12. The van der Waals surface area contributed by atoms with Gasteiger partial charge in [0.25, 0.3) is 12.3 Å². The number of methoxy groups -OCH3 is 1. The highest BCUT2D eigenvalue weighted by atomic mass is 19.3. The molecule has 4 aliphatic rings. The first kappa shape index (κ1) is 44.3. The predicted molar refractivity (Wildman–Crippen MR) is 231 cm³/mol. The number of imide groups is 1. The average Bonchev–Trinajstić information content (AvgIpc) is 4.02. The Morgan fingerprint density at radius 2 is 1.92 bits per heavy atom. The number of nitrogens with zero attached hydrogens (tertiary/aromatic N) is 9. The number of nitrogens with one attached hydrogen (secondary N) is 2. The lowest BCUT2D eigenvalue weighted by Crippen LogP contribution is -2.47. The van der Waals surface area contributed by atoms with Gasteiger partial charge in [0.15, 0.2) is 11.3 Å². The minimum absolute atomic E-state index is 0.0554. The zero-order valence-electron chi connectivity index (χ0n) is 36.3. The molecule has 0 radical (unpaired) electrons. The molecular weight excluding hydrogens is 848 g/mol. The number of aryl methyl sites for hydroxylation is 1. The number of aromatic nitrogens is 7. The van der Waals surface area contributed by atoms with E-state index < -0.39 is 36.2 Å². The number of piperidine rings is 2. The van der Waals surface area contributed by atoms with Crippen molar-refractivity contribution in [3.8, 4) is 11.8 Å². The van der Waals surface area contributed by atoms with Gasteiger partial charge in [0.1, 0.15) is 24.2 Å². The van der Waals surface area contributed by atoms with Gasteiger partial charge in [-0.25, -0.2) is 22.7 Å². The number of rotatable bonds is 12. The van der Waals surface area contributed by atoms with Crippen molar-refractivity contribution in [1.82, 2.24) is 44.4 Å². The Labute approximate surface area is 372 Å². The Bertz CT molecular complexity index is 2610. The topological polar surface area (TPSA) is 175 Å². The Morgan fingerprint density at radius 3 is 2.71 bits per heavy atom. The van der Waals surface area contributed by atoms with E-state index in [2.05, 4.69) is 42.7 Å². The Kier molecular flexibility index (Phi) is 13.2. The van der Waals surface area contributed by atoms with Crippen molar-refractivity contribution in [3.63, 3.8) is 0 Å². The molecule has 3 aliphatic heterocycles. The van der Waals surface area contributed by atoms with Gasteiger partial charge in [0.2, 0.25) is 11.8 Å². The first-order valence-corrected chi connectivity index (χ1v) is 22.2. The van der Waals surface area contributed by atoms with Crippen LogP contribution < -0.4 is 15.5 Å². The Hall–Kier alpha value is -5.88. The third-order valence-corrected chi connectivity index (χ3v) is 13.0. The minimum Gasteiger partial charge on any atom is -0.382 e. The molecule has 9 rings (SSSR count). The highest BCUT2D eigenvalue weighted by Gasteiger charge is 2.34. The van der Waals surface area contributed by atoms with Crippen LogP contribution in [0.3, 0.4) is 0 Å². The summed E-state index contributed by atoms with van der Waals surface area (Å²) in [5.41, 5.74) is 1.97. The summed E-state index contributed by atoms with van der Waals surface area (Å²) in [6.45, 7) is 3.82. The van der Waals surface area contributed by atoms with Gasteiger partial charge in [0.05, 0.1) is 66.0 Å². The molecule has 7 heterocycles. The summed E-state index contributed by atoms with van der Waals surface area (Å²) >= 11 is 0. The molecule has 1 unspecified atom stereocenters. The number of para-hydroxylation sites is 1. The van der Waals surface area contributed by atoms with Crippen molar-refractivity contribution in [2.75, 3.05) is 69.9 Å². The Morgan fingerprint density at radius 1 is 1.08 bits per heavy atom. The lowest BCUT2D eigenvalue weighted by atomic mass is 9.85. The van der Waals surface area contributed by atoms with Gasteiger partial charge in [-0.1, -0.05) is 24.0 Å². The zero-order chi connectivity index (χ0) is 45.2. The van der Waals surface area contributed by atoms with Gasteiger partial charge >= 0.3 is 0 Å². The summed E-state index contributed by atoms with van der Waals surface area (Å²) in [5, 5.41) is 19.0. The van der Waals surface area contributed by atoms with E-state index in [1.165, 1.54) is 16.9 Å². The SMILES string of the molecule is COC[C@H]1CN(c2ccn3ncc(C(=O)Nc4cn([C@H]5CC[C@H](CN6CC[C@H](OCC#Cc7cccc8c(C9CCC(=O)NC9=O)nn(C)c78)[C@H](F)C6)CC5)nc4C(F)F)c3n2)CCO1. The number of anilines is 2. The number of carbonyl (C=O) groups is 3. The molecule has 1 aliphatic carbocycles. The van der Waals surface area contributed by atoms with Crippen LogP contribution in [0, 0.1) is 17.8 Å². The molecule has 3 amide bonds. The van der Waals surface area contributed by atoms with Crippen LogP contribution in [-0.4, -0.2) is 135 Å². The lowest BCUT2D eigenvalue weighted by molar-refractivity contribution is -0.134. The molecule has 3 saturated heterocycles. The van der Waals surface area contributed by atoms with Crippen molar-refractivity contribution in [2.45, 2.75) is 81.7 Å². The van der Waals surface area contributed by atoms with Crippen LogP contribution in [0.4, 0.5) is 24.7 Å². The predicted octanol–water partition coefficient (Wildman–Crippen LogP) is 4.59. The highest BCUT2D eigenvalue weighted by Crippen LogP contribution is 2.36. The second-order valence-electron chi connectivity index (χ2n) is 17.3. The van der Waals surface area contributed by atoms with E-state index in [1.807, 2.05) is 23.1 Å². The fourth-order valence-electron chi connectivity index (χ4n) is 9.66. The molecule has 4 atom stereocenters. The van der Waals surface area contributed by atoms with Crippen molar-refractivity contribution in [3.05, 3.63) is 65.4 Å². The van der Waals surface area contributed by atoms with Crippen molar-refractivity contribution >= 4 is 45.8 Å². The lowest BCUT2D eigenvalue weighted by Gasteiger charge is -2.38. The zero-order valence-corrected chi connectivity index (χ0v) is 36.3. The number of benzene rings is 1. The molecule has 5 aromatic rings. The number of likely N-dealkylation sites (tertiary alicyclic amines) is 1. The fraction of sp³-hybridized carbons (Fsp3) is 0.533. The van der Waals surface area contributed by atoms with Crippen LogP contribution in [0.2, 0.25) is 0 Å². The van der Waals surface area contributed by atoms with Crippen LogP contribution in [0.5, 0.6) is 0 Å². The smallest absolute Gasteiger partial charge is 0.284 e. The molecule has 0 bridgehead atoms. The normalized spacial score (nSPS) is 24.4. The summed E-state index contributed by atoms with van der Waals surface area (Å²) in [6.07, 6.45) is 4.01. The van der Waals surface area contributed by atoms with Gasteiger partial charge in [-0.2, -0.15) is 15.3 Å². The number of halogens is 3. The maximum atomic E-state index is 15.5. The van der Waals surface area contributed by atoms with E-state index in [-0.39, 0.29) is 54.8 Å². The summed E-state index contributed by atoms with van der Waals surface area (Å²) in [7, 11) is 3.41. The molecule has 20 heteroatoms. The highest BCUT2D eigenvalue weighted by molar-refractivity contribution is 6.08. The van der Waals surface area contributed by atoms with Crippen molar-refractivity contribution < 1.29 is 41.8 Å². The van der Waals surface area contributed by atoms with E-state index in [0.29, 0.717) is 87.2 Å². The molecule has 0 spiro atoms. The first-order valence-electron chi connectivity index (χ1n) is 22.2. The number of fused-ring (bicyclic) bond motifs is 2. The Balaban J connectivity index is 0.755. The molecule has 2 N–H and O–H groups in total. The number of amides is 3. The maximum absolute atomic E-state index is 15.5. The van der Waals surface area contributed by atoms with Crippen molar-refractivity contribution in [2.24, 2.45) is 13.0 Å². The molecule has 4 aromatic heterocycles. The summed E-state index contributed by atoms with van der Waals surface area (Å²) < 4.78 is 65.8. The number of morpholine rings is 1. The number of alkyl halides is 3. The fourth-order valence-corrected chi connectivity index (χ4v) is 9.66. The van der Waals surface area contributed by atoms with E-state index in [1.54, 1.807) is 35.8 Å². The van der Waals surface area contributed by atoms with E-state index in [4.69, 9.17) is 19.2 Å². The van der Waals surface area contributed by atoms with Crippen LogP contribution in [-0.2, 0) is 30.8 Å². The molecule has 17 nitrogen and oxygen atoms in total. The number of hydrogen-bond donors (Lipinski definition) is 2. The van der Waals surface area contributed by atoms with Gasteiger partial charge in [-0.15, -0.1) is 0 Å². The second-order valence-corrected chi connectivity index (χ2v) is 17.3. The number of ether oxygens (including phenoxy) is 3. The van der Waals surface area contributed by atoms with Crippen molar-refractivity contribution in [1.29, 1.82) is 0 Å². The largest absolute Gasteiger partial charge is 0.382 e. The maximum Gasteiger partial charge on any atom is 0.284 e. The molecule has 4 fully saturated rings. The number of carbonyl (C=O) groups excluding carboxylic acids is 3. The third-order valence-electron chi connectivity index (χ3n) is 13.0. The van der Waals surface area contributed by atoms with Gasteiger partial charge in [-0.05, 0) is 56.6 Å². The first-order chi connectivity index (χ1) is 31.5. The van der Waals surface area contributed by atoms with Gasteiger partial charge in [0, 0.05) is 71.1 Å². The van der Waals surface area contributed by atoms with Crippen LogP contribution >= 0.6 is 0 Å². The van der Waals surface area contributed by atoms with Crippen LogP contribution in [0.25, 0.3) is 16.6 Å². The molecule has 1 saturated carbocycles. The third kappa shape index (κ3) is 9.60. The second kappa shape index (κ2) is 19.3. The molecule has 344 valence electrons. The molecular formula is C45H52F3N11O6. The van der Waals surface area contributed by atoms with E-state index in [0.717, 1.165) is 30.3 Å². The van der Waals surface area contributed by atoms with Crippen LogP contribution in [0.1, 0.15) is 90.6 Å². The molecule has 65 heavy (non-hydrogen) atoms. The summed E-state index contributed by atoms with van der Waals surface area (Å²) in [4.78, 5) is 46.7. The van der Waals surface area contributed by atoms with E-state index in [9.17, 15) is 23.2 Å². The monoisotopic (exact) mass is 899 g/mol. The van der Waals surface area contributed by atoms with E-state index >= 15 is 4.39 Å². The molecule has 1 aromatic carbocycles. The summed E-state index contributed by atoms with van der Waals surface area (Å²) in [6, 6.07) is 7.29. The standard InChI is InChI=1S/C45H52F3N11O6/c1-55-41-28(5-3-7-31(41)39(53-55)32-12-13-38(60)52-44(32)61)6-4-19-65-36-14-16-56(24-34(36)46)22-27-8-10-29(11-9-27)59-25-35(40(54-59)42(47)48)50-45(62)33-21-49-58-17-15-37(51-43(33)58)57-18-20-64-30(23-57)26-63-2/h3,5,7,15,17,21,25,27,29-30,32,34,36,42H,8-14,16,18-20,22-24,26H2,1-2H3,(H,50,62)(H,52,60,61)/t27-,29-,30-,32?,34-,36+/m1/s1. The van der Waals surface area contributed by atoms with Gasteiger partial charge in [-0.3, -0.25) is 34.0 Å². The van der Waals surface area contributed by atoms with Gasteiger partial charge < -0.3 is 24.4 Å².